The third-order valence-electron chi connectivity index (χ3n) is 4.57. The summed E-state index contributed by atoms with van der Waals surface area (Å²) in [7, 11) is 0. The summed E-state index contributed by atoms with van der Waals surface area (Å²) < 4.78 is 5.76. The summed E-state index contributed by atoms with van der Waals surface area (Å²) >= 11 is 12.2. The number of nitrogens with zero attached hydrogens (tertiary/aromatic N) is 1. The SMILES string of the molecule is CCNC(=O)[C@@H](C)N(Cc1ccc(Cl)cc1Cl)C(=O)COc1cc(C)ccc1C. The maximum atomic E-state index is 13.0. The van der Waals surface area contributed by atoms with E-state index in [0.29, 0.717) is 27.9 Å². The highest BCUT2D eigenvalue weighted by atomic mass is 35.5. The zero-order valence-corrected chi connectivity index (χ0v) is 18.6. The predicted octanol–water partition coefficient (Wildman–Crippen LogP) is 4.54. The molecule has 2 rings (SSSR count). The third kappa shape index (κ3) is 6.38. The standard InChI is InChI=1S/C22H26Cl2N2O3/c1-5-25-22(28)16(4)26(12-17-8-9-18(23)11-19(17)24)21(27)13-29-20-10-14(2)6-7-15(20)3/h6-11,16H,5,12-13H2,1-4H3,(H,25,28)/t16-/m1/s1. The topological polar surface area (TPSA) is 58.6 Å². The van der Waals surface area contributed by atoms with Crippen LogP contribution in [0.4, 0.5) is 0 Å². The molecule has 29 heavy (non-hydrogen) atoms. The zero-order valence-electron chi connectivity index (χ0n) is 17.1. The number of hydrogen-bond acceptors (Lipinski definition) is 3. The number of amides is 2. The van der Waals surface area contributed by atoms with Gasteiger partial charge in [0.05, 0.1) is 0 Å². The summed E-state index contributed by atoms with van der Waals surface area (Å²) in [6, 6.07) is 10.2. The lowest BCUT2D eigenvalue weighted by Crippen LogP contribution is -2.49. The minimum absolute atomic E-state index is 0.170. The van der Waals surface area contributed by atoms with Crippen molar-refractivity contribution >= 4 is 35.0 Å². The number of aryl methyl sites for hydroxylation is 2. The number of ether oxygens (including phenoxy) is 1. The molecule has 7 heteroatoms. The lowest BCUT2D eigenvalue weighted by Gasteiger charge is -2.29. The van der Waals surface area contributed by atoms with E-state index in [1.807, 2.05) is 39.0 Å². The average molecular weight is 437 g/mol. The molecule has 0 aromatic heterocycles. The van der Waals surface area contributed by atoms with E-state index in [2.05, 4.69) is 5.32 Å². The van der Waals surface area contributed by atoms with Crippen LogP contribution in [-0.4, -0.2) is 35.9 Å². The van der Waals surface area contributed by atoms with E-state index in [4.69, 9.17) is 27.9 Å². The second-order valence-corrected chi connectivity index (χ2v) is 7.73. The number of rotatable bonds is 8. The van der Waals surface area contributed by atoms with Crippen LogP contribution in [0.15, 0.2) is 36.4 Å². The molecule has 0 unspecified atom stereocenters. The van der Waals surface area contributed by atoms with Crippen molar-refractivity contribution in [2.75, 3.05) is 13.2 Å². The van der Waals surface area contributed by atoms with Crippen molar-refractivity contribution in [3.63, 3.8) is 0 Å². The lowest BCUT2D eigenvalue weighted by molar-refractivity contribution is -0.142. The lowest BCUT2D eigenvalue weighted by atomic mass is 10.1. The summed E-state index contributed by atoms with van der Waals surface area (Å²) in [5.41, 5.74) is 2.68. The fraction of sp³-hybridized carbons (Fsp3) is 0.364. The normalized spacial score (nSPS) is 11.7. The van der Waals surface area contributed by atoms with Crippen molar-refractivity contribution in [2.45, 2.75) is 40.3 Å². The van der Waals surface area contributed by atoms with E-state index in [-0.39, 0.29) is 25.0 Å². The van der Waals surface area contributed by atoms with Crippen molar-refractivity contribution < 1.29 is 14.3 Å². The van der Waals surface area contributed by atoms with E-state index in [0.717, 1.165) is 11.1 Å². The van der Waals surface area contributed by atoms with Gasteiger partial charge in [-0.25, -0.2) is 0 Å². The van der Waals surface area contributed by atoms with Gasteiger partial charge in [0.25, 0.3) is 5.91 Å². The second kappa shape index (κ2) is 10.5. The predicted molar refractivity (Wildman–Crippen MR) is 117 cm³/mol. The first-order valence-corrected chi connectivity index (χ1v) is 10.2. The summed E-state index contributed by atoms with van der Waals surface area (Å²) in [6.07, 6.45) is 0. The smallest absolute Gasteiger partial charge is 0.261 e. The molecule has 0 bridgehead atoms. The fourth-order valence-corrected chi connectivity index (χ4v) is 3.29. The minimum atomic E-state index is -0.684. The molecule has 0 aliphatic carbocycles. The summed E-state index contributed by atoms with van der Waals surface area (Å²) in [4.78, 5) is 26.9. The van der Waals surface area contributed by atoms with Gasteiger partial charge in [0, 0.05) is 23.1 Å². The molecule has 0 aliphatic heterocycles. The van der Waals surface area contributed by atoms with Crippen LogP contribution < -0.4 is 10.1 Å². The molecule has 0 fully saturated rings. The monoisotopic (exact) mass is 436 g/mol. The van der Waals surface area contributed by atoms with E-state index in [1.165, 1.54) is 4.90 Å². The highest BCUT2D eigenvalue weighted by Crippen LogP contribution is 2.24. The average Bonchev–Trinajstić information content (AvgIpc) is 2.67. The van der Waals surface area contributed by atoms with Gasteiger partial charge < -0.3 is 15.0 Å². The third-order valence-corrected chi connectivity index (χ3v) is 5.16. The van der Waals surface area contributed by atoms with Crippen LogP contribution in [0.3, 0.4) is 0 Å². The Morgan fingerprint density at radius 1 is 1.14 bits per heavy atom. The Kier molecular flexibility index (Phi) is 8.35. The van der Waals surface area contributed by atoms with Crippen LogP contribution >= 0.6 is 23.2 Å². The number of nitrogens with one attached hydrogen (secondary N) is 1. The van der Waals surface area contributed by atoms with Crippen LogP contribution in [0, 0.1) is 13.8 Å². The Labute approximate surface area is 181 Å². The van der Waals surface area contributed by atoms with E-state index in [9.17, 15) is 9.59 Å². The van der Waals surface area contributed by atoms with Gasteiger partial charge in [-0.1, -0.05) is 41.4 Å². The summed E-state index contributed by atoms with van der Waals surface area (Å²) in [5, 5.41) is 3.70. The molecule has 0 radical (unpaired) electrons. The highest BCUT2D eigenvalue weighted by molar-refractivity contribution is 6.35. The number of likely N-dealkylation sites (N-methyl/N-ethyl adjacent to an activating group) is 1. The quantitative estimate of drug-likeness (QED) is 0.660. The van der Waals surface area contributed by atoms with E-state index in [1.54, 1.807) is 25.1 Å². The van der Waals surface area contributed by atoms with Crippen molar-refractivity contribution in [1.82, 2.24) is 10.2 Å². The largest absolute Gasteiger partial charge is 0.483 e. The maximum absolute atomic E-state index is 13.0. The van der Waals surface area contributed by atoms with E-state index < -0.39 is 6.04 Å². The number of benzene rings is 2. The molecule has 0 heterocycles. The van der Waals surface area contributed by atoms with Gasteiger partial charge in [-0.3, -0.25) is 9.59 Å². The molecule has 156 valence electrons. The molecule has 0 saturated carbocycles. The molecule has 5 nitrogen and oxygen atoms in total. The fourth-order valence-electron chi connectivity index (χ4n) is 2.82. The van der Waals surface area contributed by atoms with Crippen LogP contribution in [0.2, 0.25) is 10.0 Å². The Bertz CT molecular complexity index is 886. The van der Waals surface area contributed by atoms with Crippen molar-refractivity contribution in [1.29, 1.82) is 0 Å². The molecule has 0 saturated heterocycles. The van der Waals surface area contributed by atoms with Gasteiger partial charge in [0.15, 0.2) is 6.61 Å². The molecule has 2 aromatic rings. The first kappa shape index (κ1) is 23.0. The molecule has 2 amide bonds. The van der Waals surface area contributed by atoms with Gasteiger partial charge in [0.2, 0.25) is 5.91 Å². The second-order valence-electron chi connectivity index (χ2n) is 6.89. The van der Waals surface area contributed by atoms with Crippen LogP contribution in [0.1, 0.15) is 30.5 Å². The summed E-state index contributed by atoms with van der Waals surface area (Å²) in [6.45, 7) is 7.86. The Hall–Kier alpha value is -2.24. The van der Waals surface area contributed by atoms with Crippen LogP contribution in [0.5, 0.6) is 5.75 Å². The first-order chi connectivity index (χ1) is 13.7. The molecule has 0 aliphatic rings. The van der Waals surface area contributed by atoms with Crippen LogP contribution in [-0.2, 0) is 16.1 Å². The molecule has 1 atom stereocenters. The Morgan fingerprint density at radius 2 is 1.86 bits per heavy atom. The molecule has 2 aromatic carbocycles. The van der Waals surface area contributed by atoms with Crippen molar-refractivity contribution in [3.8, 4) is 5.75 Å². The van der Waals surface area contributed by atoms with Crippen molar-refractivity contribution in [3.05, 3.63) is 63.1 Å². The highest BCUT2D eigenvalue weighted by Gasteiger charge is 2.27. The van der Waals surface area contributed by atoms with Gasteiger partial charge in [0.1, 0.15) is 11.8 Å². The van der Waals surface area contributed by atoms with Gasteiger partial charge in [-0.05, 0) is 62.6 Å². The maximum Gasteiger partial charge on any atom is 0.261 e. The molecule has 1 N–H and O–H groups in total. The number of carbonyl (C=O) groups excluding carboxylic acids is 2. The van der Waals surface area contributed by atoms with Gasteiger partial charge in [-0.2, -0.15) is 0 Å². The van der Waals surface area contributed by atoms with Crippen LogP contribution in [0.25, 0.3) is 0 Å². The minimum Gasteiger partial charge on any atom is -0.483 e. The number of carbonyl (C=O) groups is 2. The Morgan fingerprint density at radius 3 is 2.52 bits per heavy atom. The van der Waals surface area contributed by atoms with E-state index >= 15 is 0 Å². The first-order valence-electron chi connectivity index (χ1n) is 9.44. The zero-order chi connectivity index (χ0) is 21.6. The number of halogens is 2. The number of hydrogen-bond donors (Lipinski definition) is 1. The Balaban J connectivity index is 2.21. The summed E-state index contributed by atoms with van der Waals surface area (Å²) in [5.74, 6) is 0.0989. The molecular weight excluding hydrogens is 411 g/mol. The van der Waals surface area contributed by atoms with Crippen molar-refractivity contribution in [2.24, 2.45) is 0 Å². The molecular formula is C22H26Cl2N2O3. The van der Waals surface area contributed by atoms with Gasteiger partial charge in [-0.15, -0.1) is 0 Å². The molecule has 0 spiro atoms. The van der Waals surface area contributed by atoms with Gasteiger partial charge >= 0.3 is 0 Å².